The minimum Gasteiger partial charge on any atom is -0.409 e. The molecule has 1 aliphatic heterocycles. The van der Waals surface area contributed by atoms with Crippen molar-refractivity contribution in [3.05, 3.63) is 52.2 Å². The molecule has 0 unspecified atom stereocenters. The van der Waals surface area contributed by atoms with Gasteiger partial charge in [0.05, 0.1) is 5.69 Å². The molecule has 1 aromatic carbocycles. The zero-order chi connectivity index (χ0) is 12.5. The van der Waals surface area contributed by atoms with Crippen LogP contribution in [-0.2, 0) is 4.74 Å². The molecule has 0 N–H and O–H groups in total. The second kappa shape index (κ2) is 4.31. The fraction of sp³-hybridized carbons (Fsp3) is 0.0714. The van der Waals surface area contributed by atoms with Crippen LogP contribution in [0.1, 0.15) is 11.1 Å². The van der Waals surface area contributed by atoms with Crippen LogP contribution >= 0.6 is 11.3 Å². The highest BCUT2D eigenvalue weighted by Gasteiger charge is 2.25. The van der Waals surface area contributed by atoms with E-state index in [-0.39, 0.29) is 6.09 Å². The molecule has 90 valence electrons. The highest BCUT2D eigenvalue weighted by Crippen LogP contribution is 2.34. The third-order valence-electron chi connectivity index (χ3n) is 2.84. The molecule has 0 saturated heterocycles. The van der Waals surface area contributed by atoms with E-state index in [0.717, 1.165) is 16.8 Å². The van der Waals surface area contributed by atoms with Crippen molar-refractivity contribution in [1.29, 1.82) is 0 Å². The fourth-order valence-electron chi connectivity index (χ4n) is 1.91. The van der Waals surface area contributed by atoms with Gasteiger partial charge in [-0.25, -0.2) is 4.79 Å². The summed E-state index contributed by atoms with van der Waals surface area (Å²) in [5, 5.41) is 4.01. The van der Waals surface area contributed by atoms with Crippen LogP contribution in [0, 0.1) is 0 Å². The van der Waals surface area contributed by atoms with Crippen molar-refractivity contribution in [2.45, 2.75) is 0 Å². The van der Waals surface area contributed by atoms with E-state index in [1.165, 1.54) is 4.90 Å². The van der Waals surface area contributed by atoms with Crippen LogP contribution in [0.15, 0.2) is 41.1 Å². The molecule has 0 radical (unpaired) electrons. The summed E-state index contributed by atoms with van der Waals surface area (Å²) in [7, 11) is 1.71. The third kappa shape index (κ3) is 1.80. The number of cyclic esters (lactones) is 1. The standard InChI is InChI=1S/C14H11NO2S/c1-15-12-5-3-2-4-11(12)13(17-14(15)16)8-10-6-7-18-9-10/h2-9H,1H3/b13-8-. The minimum absolute atomic E-state index is 0.352. The molecular weight excluding hydrogens is 246 g/mol. The van der Waals surface area contributed by atoms with Crippen molar-refractivity contribution in [1.82, 2.24) is 0 Å². The van der Waals surface area contributed by atoms with Gasteiger partial charge < -0.3 is 4.74 Å². The van der Waals surface area contributed by atoms with E-state index >= 15 is 0 Å². The van der Waals surface area contributed by atoms with Gasteiger partial charge in [-0.05, 0) is 40.6 Å². The van der Waals surface area contributed by atoms with Gasteiger partial charge in [0.15, 0.2) is 0 Å². The van der Waals surface area contributed by atoms with E-state index < -0.39 is 0 Å². The van der Waals surface area contributed by atoms with Gasteiger partial charge >= 0.3 is 6.09 Å². The Balaban J connectivity index is 2.12. The van der Waals surface area contributed by atoms with Gasteiger partial charge in [0.1, 0.15) is 5.76 Å². The van der Waals surface area contributed by atoms with Crippen LogP contribution in [0.3, 0.4) is 0 Å². The number of hydrogen-bond donors (Lipinski definition) is 0. The molecule has 3 rings (SSSR count). The molecule has 0 atom stereocenters. The average molecular weight is 257 g/mol. The monoisotopic (exact) mass is 257 g/mol. The van der Waals surface area contributed by atoms with Crippen molar-refractivity contribution in [3.8, 4) is 0 Å². The number of carbonyl (C=O) groups is 1. The Morgan fingerprint density at radius 2 is 2.11 bits per heavy atom. The maximum atomic E-state index is 11.8. The highest BCUT2D eigenvalue weighted by atomic mass is 32.1. The highest BCUT2D eigenvalue weighted by molar-refractivity contribution is 7.08. The van der Waals surface area contributed by atoms with E-state index in [1.54, 1.807) is 18.4 Å². The summed E-state index contributed by atoms with van der Waals surface area (Å²) in [6, 6.07) is 9.71. The summed E-state index contributed by atoms with van der Waals surface area (Å²) >= 11 is 1.62. The lowest BCUT2D eigenvalue weighted by atomic mass is 10.1. The Hall–Kier alpha value is -2.07. The zero-order valence-electron chi connectivity index (χ0n) is 9.79. The largest absolute Gasteiger partial charge is 0.419 e. The molecular formula is C14H11NO2S. The summed E-state index contributed by atoms with van der Waals surface area (Å²) in [6.45, 7) is 0. The molecule has 2 aromatic rings. The van der Waals surface area contributed by atoms with Crippen LogP contribution in [0.4, 0.5) is 10.5 Å². The molecule has 0 spiro atoms. The second-order valence-electron chi connectivity index (χ2n) is 4.01. The number of thiophene rings is 1. The Kier molecular flexibility index (Phi) is 2.64. The van der Waals surface area contributed by atoms with Crippen LogP contribution in [0.5, 0.6) is 0 Å². The van der Waals surface area contributed by atoms with Crippen molar-refractivity contribution in [2.24, 2.45) is 0 Å². The minimum atomic E-state index is -0.352. The number of carbonyl (C=O) groups excluding carboxylic acids is 1. The predicted molar refractivity (Wildman–Crippen MR) is 73.5 cm³/mol. The van der Waals surface area contributed by atoms with E-state index in [0.29, 0.717) is 5.76 Å². The first kappa shape index (κ1) is 11.0. The summed E-state index contributed by atoms with van der Waals surface area (Å²) in [5.41, 5.74) is 2.85. The Morgan fingerprint density at radius 3 is 2.89 bits per heavy atom. The molecule has 2 heterocycles. The molecule has 0 bridgehead atoms. The van der Waals surface area contributed by atoms with Crippen LogP contribution in [0.2, 0.25) is 0 Å². The summed E-state index contributed by atoms with van der Waals surface area (Å²) in [4.78, 5) is 13.3. The topological polar surface area (TPSA) is 29.5 Å². The molecule has 1 amide bonds. The summed E-state index contributed by atoms with van der Waals surface area (Å²) in [6.07, 6.45) is 1.54. The van der Waals surface area contributed by atoms with Crippen molar-refractivity contribution >= 4 is 35.0 Å². The van der Waals surface area contributed by atoms with Crippen LogP contribution in [-0.4, -0.2) is 13.1 Å². The Morgan fingerprint density at radius 1 is 1.28 bits per heavy atom. The van der Waals surface area contributed by atoms with Gasteiger partial charge in [-0.1, -0.05) is 12.1 Å². The lowest BCUT2D eigenvalue weighted by Crippen LogP contribution is -2.31. The first-order valence-electron chi connectivity index (χ1n) is 5.54. The summed E-state index contributed by atoms with van der Waals surface area (Å²) in [5.74, 6) is 0.604. The molecule has 4 heteroatoms. The lowest BCUT2D eigenvalue weighted by Gasteiger charge is -2.26. The SMILES string of the molecule is CN1C(=O)O/C(=C\c2ccsc2)c2ccccc21. The number of ether oxygens (including phenoxy) is 1. The first-order chi connectivity index (χ1) is 8.75. The Bertz CT molecular complexity index is 616. The second-order valence-corrected chi connectivity index (χ2v) is 4.79. The van der Waals surface area contributed by atoms with Crippen molar-refractivity contribution in [3.63, 3.8) is 0 Å². The van der Waals surface area contributed by atoms with E-state index in [2.05, 4.69) is 0 Å². The van der Waals surface area contributed by atoms with Gasteiger partial charge in [-0.3, -0.25) is 4.90 Å². The van der Waals surface area contributed by atoms with Crippen molar-refractivity contribution in [2.75, 3.05) is 11.9 Å². The van der Waals surface area contributed by atoms with Crippen LogP contribution < -0.4 is 4.90 Å². The van der Waals surface area contributed by atoms with E-state index in [9.17, 15) is 4.79 Å². The van der Waals surface area contributed by atoms with Gasteiger partial charge in [-0.2, -0.15) is 11.3 Å². The zero-order valence-corrected chi connectivity index (χ0v) is 10.6. The normalized spacial score (nSPS) is 16.6. The number of anilines is 1. The van der Waals surface area contributed by atoms with Gasteiger partial charge in [0.2, 0.25) is 0 Å². The third-order valence-corrected chi connectivity index (χ3v) is 3.54. The molecule has 0 aliphatic carbocycles. The Labute approximate surface area is 109 Å². The summed E-state index contributed by atoms with van der Waals surface area (Å²) < 4.78 is 5.35. The molecule has 0 fully saturated rings. The molecule has 0 saturated carbocycles. The van der Waals surface area contributed by atoms with Gasteiger partial charge in [0, 0.05) is 12.6 Å². The average Bonchev–Trinajstić information content (AvgIpc) is 2.89. The maximum absolute atomic E-state index is 11.8. The van der Waals surface area contributed by atoms with E-state index in [4.69, 9.17) is 4.74 Å². The van der Waals surface area contributed by atoms with Crippen molar-refractivity contribution < 1.29 is 9.53 Å². The number of amides is 1. The number of nitrogens with zero attached hydrogens (tertiary/aromatic N) is 1. The van der Waals surface area contributed by atoms with Crippen LogP contribution in [0.25, 0.3) is 11.8 Å². The number of hydrogen-bond acceptors (Lipinski definition) is 3. The van der Waals surface area contributed by atoms with Gasteiger partial charge in [-0.15, -0.1) is 0 Å². The first-order valence-corrected chi connectivity index (χ1v) is 6.49. The smallest absolute Gasteiger partial charge is 0.409 e. The molecule has 18 heavy (non-hydrogen) atoms. The lowest BCUT2D eigenvalue weighted by molar-refractivity contribution is 0.199. The van der Waals surface area contributed by atoms with Gasteiger partial charge in [0.25, 0.3) is 0 Å². The molecule has 1 aromatic heterocycles. The maximum Gasteiger partial charge on any atom is 0.419 e. The molecule has 3 nitrogen and oxygen atoms in total. The molecule has 1 aliphatic rings. The number of rotatable bonds is 1. The number of fused-ring (bicyclic) bond motifs is 1. The van der Waals surface area contributed by atoms with E-state index in [1.807, 2.05) is 47.2 Å². The quantitative estimate of drug-likeness (QED) is 0.777. The fourth-order valence-corrected chi connectivity index (χ4v) is 2.52. The number of para-hydroxylation sites is 1. The predicted octanol–water partition coefficient (Wildman–Crippen LogP) is 3.83. The number of benzene rings is 1.